The van der Waals surface area contributed by atoms with Gasteiger partial charge in [-0.15, -0.1) is 0 Å². The fourth-order valence-electron chi connectivity index (χ4n) is 16.0. The van der Waals surface area contributed by atoms with E-state index in [4.69, 9.17) is 37.9 Å². The summed E-state index contributed by atoms with van der Waals surface area (Å²) in [6.45, 7) is 15.1. The topological polar surface area (TPSA) is 357 Å². The van der Waals surface area contributed by atoms with Crippen LogP contribution in [0.1, 0.15) is 113 Å². The summed E-state index contributed by atoms with van der Waals surface area (Å²) in [6.07, 6.45) is -22.6. The van der Waals surface area contributed by atoms with Crippen molar-refractivity contribution in [1.29, 1.82) is 0 Å². The average Bonchev–Trinajstić information content (AvgIpc) is 3.75. The van der Waals surface area contributed by atoms with Gasteiger partial charge in [-0.25, -0.2) is 0 Å². The van der Waals surface area contributed by atoms with E-state index in [0.717, 1.165) is 24.8 Å². The lowest BCUT2D eigenvalue weighted by atomic mass is 9.35. The van der Waals surface area contributed by atoms with Crippen LogP contribution in [0.2, 0.25) is 0 Å². The lowest BCUT2D eigenvalue weighted by Crippen LogP contribution is -2.68. The minimum absolute atomic E-state index is 0.0508. The van der Waals surface area contributed by atoms with Gasteiger partial charge < -0.3 is 109 Å². The van der Waals surface area contributed by atoms with Crippen LogP contribution in [0.5, 0.6) is 0 Å². The van der Waals surface area contributed by atoms with Gasteiger partial charge in [-0.2, -0.15) is 0 Å². The minimum atomic E-state index is -1.81. The van der Waals surface area contributed by atoms with E-state index in [-0.39, 0.29) is 41.1 Å². The second-order valence-electron chi connectivity index (χ2n) is 25.3. The van der Waals surface area contributed by atoms with Crippen molar-refractivity contribution >= 4 is 0 Å². The molecular formula is C53H90O22. The van der Waals surface area contributed by atoms with Gasteiger partial charge in [0.05, 0.1) is 44.2 Å². The molecule has 0 amide bonds. The summed E-state index contributed by atoms with van der Waals surface area (Å²) in [7, 11) is 0. The Morgan fingerprint density at radius 3 is 1.80 bits per heavy atom. The molecule has 22 nitrogen and oxygen atoms in total. The Hall–Kier alpha value is -1.14. The van der Waals surface area contributed by atoms with E-state index >= 15 is 0 Å². The molecule has 0 aromatic heterocycles. The molecule has 4 saturated heterocycles. The summed E-state index contributed by atoms with van der Waals surface area (Å²) in [5.74, 6) is -0.395. The zero-order valence-electron chi connectivity index (χ0n) is 44.7. The van der Waals surface area contributed by atoms with Gasteiger partial charge >= 0.3 is 0 Å². The molecule has 434 valence electrons. The van der Waals surface area contributed by atoms with Crippen molar-refractivity contribution in [2.45, 2.75) is 248 Å². The molecule has 4 aliphatic heterocycles. The Morgan fingerprint density at radius 2 is 1.16 bits per heavy atom. The summed E-state index contributed by atoms with van der Waals surface area (Å²) in [5, 5.41) is 151. The Kier molecular flexibility index (Phi) is 18.1. The van der Waals surface area contributed by atoms with Crippen LogP contribution in [0.3, 0.4) is 0 Å². The molecule has 14 N–H and O–H groups in total. The van der Waals surface area contributed by atoms with Crippen molar-refractivity contribution in [3.63, 3.8) is 0 Å². The first-order chi connectivity index (χ1) is 35.1. The van der Waals surface area contributed by atoms with Crippen LogP contribution in [0.15, 0.2) is 11.6 Å². The normalized spacial score (nSPS) is 52.7. The van der Waals surface area contributed by atoms with E-state index in [0.29, 0.717) is 38.5 Å². The van der Waals surface area contributed by atoms with Gasteiger partial charge in [0.25, 0.3) is 0 Å². The Labute approximate surface area is 439 Å². The lowest BCUT2D eigenvalue weighted by molar-refractivity contribution is -0.378. The average molecular weight is 1080 g/mol. The fraction of sp³-hybridized carbons (Fsp3) is 0.962. The quantitative estimate of drug-likeness (QED) is 0.0651. The predicted molar refractivity (Wildman–Crippen MR) is 260 cm³/mol. The van der Waals surface area contributed by atoms with Crippen LogP contribution >= 0.6 is 0 Å². The van der Waals surface area contributed by atoms with Gasteiger partial charge in [-0.3, -0.25) is 0 Å². The molecule has 4 aliphatic carbocycles. The van der Waals surface area contributed by atoms with Gasteiger partial charge in [-0.05, 0) is 124 Å². The maximum absolute atomic E-state index is 12.8. The number of rotatable bonds is 15. The molecule has 0 bridgehead atoms. The first-order valence-electron chi connectivity index (χ1n) is 27.3. The largest absolute Gasteiger partial charge is 0.394 e. The zero-order chi connectivity index (χ0) is 55.1. The van der Waals surface area contributed by atoms with E-state index in [1.54, 1.807) is 0 Å². The number of hydrogen-bond donors (Lipinski definition) is 14. The third kappa shape index (κ3) is 10.6. The number of ether oxygens (including phenoxy) is 8. The maximum atomic E-state index is 12.8. The highest BCUT2D eigenvalue weighted by molar-refractivity contribution is 5.20. The molecule has 0 radical (unpaired) electrons. The molecule has 4 heterocycles. The molecule has 8 rings (SSSR count). The van der Waals surface area contributed by atoms with Crippen LogP contribution in [0.25, 0.3) is 0 Å². The molecule has 75 heavy (non-hydrogen) atoms. The second kappa shape index (κ2) is 22.7. The van der Waals surface area contributed by atoms with Gasteiger partial charge in [0.15, 0.2) is 25.2 Å². The number of hydrogen-bond acceptors (Lipinski definition) is 22. The van der Waals surface area contributed by atoms with Crippen molar-refractivity contribution in [1.82, 2.24) is 0 Å². The third-order valence-electron chi connectivity index (χ3n) is 20.5. The van der Waals surface area contributed by atoms with Gasteiger partial charge in [0.2, 0.25) is 0 Å². The minimum Gasteiger partial charge on any atom is -0.394 e. The fourth-order valence-corrected chi connectivity index (χ4v) is 16.0. The molecular weight excluding hydrogens is 989 g/mol. The summed E-state index contributed by atoms with van der Waals surface area (Å²) in [5.41, 5.74) is -1.48. The molecule has 0 aromatic carbocycles. The van der Waals surface area contributed by atoms with Gasteiger partial charge in [0, 0.05) is 0 Å². The van der Waals surface area contributed by atoms with Crippen molar-refractivity contribution in [3.8, 4) is 0 Å². The number of fused-ring (bicyclic) bond motifs is 5. The highest BCUT2D eigenvalue weighted by Gasteiger charge is 2.72. The van der Waals surface area contributed by atoms with E-state index in [1.165, 1.54) is 0 Å². The maximum Gasteiger partial charge on any atom is 0.187 e. The van der Waals surface area contributed by atoms with Crippen LogP contribution in [-0.2, 0) is 37.9 Å². The van der Waals surface area contributed by atoms with Crippen molar-refractivity contribution in [2.75, 3.05) is 26.4 Å². The van der Waals surface area contributed by atoms with Gasteiger partial charge in [-0.1, -0.05) is 46.3 Å². The van der Waals surface area contributed by atoms with E-state index < -0.39 is 165 Å². The first-order valence-corrected chi connectivity index (χ1v) is 27.3. The number of allylic oxidation sites excluding steroid dienone is 2. The van der Waals surface area contributed by atoms with Crippen molar-refractivity contribution < 1.29 is 109 Å². The Balaban J connectivity index is 1.01. The zero-order valence-corrected chi connectivity index (χ0v) is 44.7. The first kappa shape index (κ1) is 60.0. The molecule has 8 fully saturated rings. The summed E-state index contributed by atoms with van der Waals surface area (Å²) in [6, 6.07) is 0. The van der Waals surface area contributed by atoms with E-state index in [2.05, 4.69) is 40.7 Å². The van der Waals surface area contributed by atoms with Crippen LogP contribution in [-0.4, -0.2) is 232 Å². The molecule has 0 unspecified atom stereocenters. The third-order valence-corrected chi connectivity index (χ3v) is 20.5. The molecule has 22 heteroatoms. The van der Waals surface area contributed by atoms with Crippen LogP contribution in [0.4, 0.5) is 0 Å². The Bertz CT molecular complexity index is 1940. The molecule has 0 aromatic rings. The number of aliphatic hydroxyl groups excluding tert-OH is 14. The van der Waals surface area contributed by atoms with E-state index in [9.17, 15) is 71.5 Å². The smallest absolute Gasteiger partial charge is 0.187 e. The second-order valence-corrected chi connectivity index (χ2v) is 25.3. The molecule has 0 spiro atoms. The standard InChI is InChI=1S/C53H90O22/c1-23(2)10-9-14-53(8,75-47-43(67)39(63)37(61)29(72-47)22-69-45-41(65)34(58)26(57)21-68-45)24-11-16-52(7)33(24)25(56)18-31-50(5)15-13-32(49(3,4)30(50)12-17-51(31,52)6)73-48-44(40(64)36(60)28(20-55)71-48)74-46-42(66)38(62)35(59)27(19-54)70-46/h10,24-48,54-67H,9,11-22H2,1-8H3/t24-,25+,26+,27+,28+,29+,30-,31+,32-,33+,34-,35+,36+,37+,38-,39-,40-,41+,42+,43+,44+,45-,46-,47-,48-,50-,51+,52+,53-/m0/s1. The van der Waals surface area contributed by atoms with Crippen LogP contribution < -0.4 is 0 Å². The van der Waals surface area contributed by atoms with Crippen molar-refractivity contribution in [3.05, 3.63) is 11.6 Å². The van der Waals surface area contributed by atoms with E-state index in [1.807, 2.05) is 20.8 Å². The number of aliphatic hydroxyl groups is 14. The summed E-state index contributed by atoms with van der Waals surface area (Å²) in [4.78, 5) is 0. The highest BCUT2D eigenvalue weighted by Crippen LogP contribution is 2.76. The monoisotopic (exact) mass is 1080 g/mol. The Morgan fingerprint density at radius 1 is 0.587 bits per heavy atom. The summed E-state index contributed by atoms with van der Waals surface area (Å²) < 4.78 is 48.8. The molecule has 4 saturated carbocycles. The lowest BCUT2D eigenvalue weighted by Gasteiger charge is -2.71. The van der Waals surface area contributed by atoms with Crippen molar-refractivity contribution in [2.24, 2.45) is 45.3 Å². The summed E-state index contributed by atoms with van der Waals surface area (Å²) >= 11 is 0. The molecule has 29 atom stereocenters. The molecule has 8 aliphatic rings. The predicted octanol–water partition coefficient (Wildman–Crippen LogP) is -1.56. The SMILES string of the molecule is CC(C)=CCC[C@](C)(O[C@@H]1O[C@H](CO[C@@H]2OC[C@@H](O)[C@H](O)[C@H]2O)[C@@H](O)[C@H](O)[C@H]1O)[C@H]1CC[C@]2(C)[C@H]1[C@H](O)C[C@@H]1[C@@]3(C)CC[C@H](O[C@@H]4O[C@H](CO)[C@@H](O)[C@H](O)[C@H]4O[C@@H]4O[C@H](CO)[C@@H](O)[C@H](O)[C@H]4O)C(C)(C)[C@@H]3CC[C@]12C. The van der Waals surface area contributed by atoms with Gasteiger partial charge in [0.1, 0.15) is 91.6 Å². The highest BCUT2D eigenvalue weighted by atomic mass is 16.8. The van der Waals surface area contributed by atoms with Crippen LogP contribution in [0, 0.1) is 45.3 Å².